The highest BCUT2D eigenvalue weighted by atomic mass is 32.7. The summed E-state index contributed by atoms with van der Waals surface area (Å²) in [5, 5.41) is 0. The zero-order valence-corrected chi connectivity index (χ0v) is 27.3. The van der Waals surface area contributed by atoms with Gasteiger partial charge < -0.3 is 44.1 Å². The van der Waals surface area contributed by atoms with Gasteiger partial charge in [0.05, 0.1) is 38.1 Å². The topological polar surface area (TPSA) is 241 Å². The van der Waals surface area contributed by atoms with Crippen molar-refractivity contribution in [1.29, 1.82) is 0 Å². The van der Waals surface area contributed by atoms with E-state index in [1.165, 1.54) is 26.1 Å². The summed E-state index contributed by atoms with van der Waals surface area (Å²) in [5.74, 6) is 0.439. The normalized spacial score (nSPS) is 28.1. The second-order valence-corrected chi connectivity index (χ2v) is 15.9. The largest absolute Gasteiger partial charge is 0.385 e. The van der Waals surface area contributed by atoms with Gasteiger partial charge in [-0.2, -0.15) is 0 Å². The van der Waals surface area contributed by atoms with Crippen LogP contribution < -0.4 is 11.5 Å². The Labute approximate surface area is 265 Å². The molecule has 4 aromatic heterocycles. The Bertz CT molecular complexity index is 1780. The maximum absolute atomic E-state index is 12.3. The number of imidazole rings is 2. The number of fused-ring (bicyclic) bond motifs is 2. The Balaban J connectivity index is 1.14. The van der Waals surface area contributed by atoms with E-state index < -0.39 is 50.4 Å². The van der Waals surface area contributed by atoms with Gasteiger partial charge in [0.2, 0.25) is 0 Å². The van der Waals surface area contributed by atoms with E-state index in [4.69, 9.17) is 55.6 Å². The lowest BCUT2D eigenvalue weighted by atomic mass is 10.2. The van der Waals surface area contributed by atoms with Gasteiger partial charge in [-0.1, -0.05) is 12.2 Å². The van der Waals surface area contributed by atoms with E-state index in [1.54, 1.807) is 22.6 Å². The quantitative estimate of drug-likeness (QED) is 0.121. The molecule has 0 aliphatic carbocycles. The standard InChI is InChI=1S/C22H30N10O9P2S2/c1-35-13-3-11(39-22(13)32-10-30-17-19(24)26-8-28-21(17)32)5-37-43(34,45)41-12-4-15(40-14(12)6-38-42(33,44)36-2)31-9-29-16-18(23)25-7-27-20(16)31/h7-15,22H,3-6H2,1-2H3,(H,33,44)(H,34,45)(H2,23,25,27)(H2,24,26,28)/t11?,12-,13+,14+,15+,22+,42?,43?/m0/s1. The third-order valence-corrected chi connectivity index (χ3v) is 10.7. The van der Waals surface area contributed by atoms with E-state index in [2.05, 4.69) is 42.2 Å². The first-order valence-electron chi connectivity index (χ1n) is 13.4. The van der Waals surface area contributed by atoms with Crippen molar-refractivity contribution in [2.75, 3.05) is 38.9 Å². The third kappa shape index (κ3) is 6.85. The predicted molar refractivity (Wildman–Crippen MR) is 164 cm³/mol. The van der Waals surface area contributed by atoms with Crippen LogP contribution in [0.3, 0.4) is 0 Å². The molecule has 0 saturated carbocycles. The number of thiol groups is 1. The van der Waals surface area contributed by atoms with Crippen LogP contribution in [0.15, 0.2) is 25.3 Å². The minimum absolute atomic E-state index is 0.107. The molecule has 2 aliphatic heterocycles. The molecule has 3 unspecified atom stereocenters. The lowest BCUT2D eigenvalue weighted by Crippen LogP contribution is -2.28. The van der Waals surface area contributed by atoms with Crippen LogP contribution in [-0.2, 0) is 48.7 Å². The molecule has 8 atom stereocenters. The fourth-order valence-electron chi connectivity index (χ4n) is 5.15. The summed E-state index contributed by atoms with van der Waals surface area (Å²) in [4.78, 5) is 36.1. The Hall–Kier alpha value is -2.39. The number of ether oxygens (including phenoxy) is 3. The average Bonchev–Trinajstić information content (AvgIpc) is 3.80. The van der Waals surface area contributed by atoms with E-state index in [0.29, 0.717) is 28.7 Å². The highest BCUT2D eigenvalue weighted by Crippen LogP contribution is 2.54. The SMILES string of the molecule is CO[C@@H]1CC(COP(O)(=S)O[C@H]2C[C@H](n3cnc4c(N)ncnc43)O[C@@H]2COP(=O)(S)OC)O[C@H]1n1cnc2c(N)ncnc21. The van der Waals surface area contributed by atoms with Crippen LogP contribution in [0.25, 0.3) is 22.3 Å². The number of nitrogens with two attached hydrogens (primary N) is 2. The molecule has 244 valence electrons. The average molecular weight is 705 g/mol. The second kappa shape index (κ2) is 13.0. The van der Waals surface area contributed by atoms with Crippen LogP contribution >= 0.6 is 25.8 Å². The molecule has 4 aromatic rings. The van der Waals surface area contributed by atoms with Gasteiger partial charge in [0.15, 0.2) is 29.2 Å². The fourth-order valence-corrected chi connectivity index (χ4v) is 7.28. The number of hydrogen-bond acceptors (Lipinski definition) is 17. The Kier molecular flexibility index (Phi) is 9.41. The number of methoxy groups -OCH3 is 1. The lowest BCUT2D eigenvalue weighted by molar-refractivity contribution is -0.0592. The van der Waals surface area contributed by atoms with Crippen molar-refractivity contribution in [1.82, 2.24) is 39.0 Å². The van der Waals surface area contributed by atoms with E-state index in [1.807, 2.05) is 0 Å². The van der Waals surface area contributed by atoms with Crippen LogP contribution in [-0.4, -0.2) is 95.8 Å². The number of nitrogens with zero attached hydrogens (tertiary/aromatic N) is 8. The number of nitrogen functional groups attached to an aromatic ring is 2. The van der Waals surface area contributed by atoms with Crippen molar-refractivity contribution >= 4 is 71.5 Å². The molecule has 0 radical (unpaired) electrons. The monoisotopic (exact) mass is 704 g/mol. The molecule has 0 amide bonds. The molecule has 23 heteroatoms. The van der Waals surface area contributed by atoms with E-state index >= 15 is 0 Å². The van der Waals surface area contributed by atoms with Crippen LogP contribution in [0.4, 0.5) is 11.6 Å². The molecule has 5 N–H and O–H groups in total. The fraction of sp³-hybridized carbons (Fsp3) is 0.545. The molecule has 45 heavy (non-hydrogen) atoms. The summed E-state index contributed by atoms with van der Waals surface area (Å²) >= 11 is 9.28. The van der Waals surface area contributed by atoms with E-state index in [-0.39, 0.29) is 31.3 Å². The molecular formula is C22H30N10O9P2S2. The Morgan fingerprint density at radius 2 is 1.60 bits per heavy atom. The smallest absolute Gasteiger partial charge is 0.382 e. The molecule has 0 bridgehead atoms. The van der Waals surface area contributed by atoms with Gasteiger partial charge in [-0.25, -0.2) is 34.5 Å². The van der Waals surface area contributed by atoms with E-state index in [0.717, 1.165) is 0 Å². The van der Waals surface area contributed by atoms with Crippen LogP contribution in [0.2, 0.25) is 0 Å². The zero-order chi connectivity index (χ0) is 31.9. The molecule has 19 nitrogen and oxygen atoms in total. The van der Waals surface area contributed by atoms with Crippen LogP contribution in [0.5, 0.6) is 0 Å². The Morgan fingerprint density at radius 1 is 0.956 bits per heavy atom. The molecule has 2 aliphatic rings. The first kappa shape index (κ1) is 32.5. The number of rotatable bonds is 12. The van der Waals surface area contributed by atoms with Crippen molar-refractivity contribution < 1.29 is 41.8 Å². The highest BCUT2D eigenvalue weighted by molar-refractivity contribution is 8.44. The van der Waals surface area contributed by atoms with Crippen molar-refractivity contribution in [3.8, 4) is 0 Å². The van der Waals surface area contributed by atoms with Gasteiger partial charge in [-0.05, 0) is 11.8 Å². The zero-order valence-electron chi connectivity index (χ0n) is 23.8. The first-order valence-corrected chi connectivity index (χ1v) is 18.7. The van der Waals surface area contributed by atoms with Gasteiger partial charge in [0.25, 0.3) is 0 Å². The minimum atomic E-state index is -3.88. The minimum Gasteiger partial charge on any atom is -0.382 e. The van der Waals surface area contributed by atoms with Crippen molar-refractivity contribution in [2.24, 2.45) is 0 Å². The van der Waals surface area contributed by atoms with Crippen molar-refractivity contribution in [3.05, 3.63) is 25.3 Å². The summed E-state index contributed by atoms with van der Waals surface area (Å²) in [5.41, 5.74) is 13.6. The molecular weight excluding hydrogens is 674 g/mol. The van der Waals surface area contributed by atoms with Crippen molar-refractivity contribution in [3.63, 3.8) is 0 Å². The summed E-state index contributed by atoms with van der Waals surface area (Å²) in [6.45, 7) is -7.92. The predicted octanol–water partition coefficient (Wildman–Crippen LogP) is 1.74. The first-order chi connectivity index (χ1) is 21.5. The molecule has 0 aromatic carbocycles. The molecule has 2 saturated heterocycles. The number of anilines is 2. The van der Waals surface area contributed by atoms with Gasteiger partial charge in [-0.3, -0.25) is 13.7 Å². The number of hydrogen-bond donors (Lipinski definition) is 4. The molecule has 6 rings (SSSR count). The summed E-state index contributed by atoms with van der Waals surface area (Å²) in [6.07, 6.45) is 2.32. The third-order valence-electron chi connectivity index (χ3n) is 7.31. The summed E-state index contributed by atoms with van der Waals surface area (Å²) in [6, 6.07) is 0. The summed E-state index contributed by atoms with van der Waals surface area (Å²) < 4.78 is 55.5. The van der Waals surface area contributed by atoms with Crippen LogP contribution in [0, 0.1) is 0 Å². The highest BCUT2D eigenvalue weighted by Gasteiger charge is 2.43. The van der Waals surface area contributed by atoms with E-state index in [9.17, 15) is 9.46 Å². The molecule has 0 spiro atoms. The van der Waals surface area contributed by atoms with Gasteiger partial charge in [0, 0.05) is 27.1 Å². The van der Waals surface area contributed by atoms with Gasteiger partial charge in [0.1, 0.15) is 42.1 Å². The molecule has 6 heterocycles. The van der Waals surface area contributed by atoms with Crippen molar-refractivity contribution in [2.45, 2.75) is 49.7 Å². The lowest BCUT2D eigenvalue weighted by Gasteiger charge is -2.25. The van der Waals surface area contributed by atoms with Gasteiger partial charge >= 0.3 is 13.5 Å². The molecule has 2 fully saturated rings. The Morgan fingerprint density at radius 3 is 2.24 bits per heavy atom. The maximum Gasteiger partial charge on any atom is 0.385 e. The number of aromatic nitrogens is 8. The summed E-state index contributed by atoms with van der Waals surface area (Å²) in [7, 11) is 2.76. The van der Waals surface area contributed by atoms with Gasteiger partial charge in [-0.15, -0.1) is 0 Å². The maximum atomic E-state index is 12.3. The second-order valence-electron chi connectivity index (χ2n) is 10.0. The van der Waals surface area contributed by atoms with Crippen LogP contribution in [0.1, 0.15) is 25.3 Å².